The zero-order valence-electron chi connectivity index (χ0n) is 14.4. The van der Waals surface area contributed by atoms with Crippen LogP contribution < -0.4 is 4.74 Å². The van der Waals surface area contributed by atoms with Gasteiger partial charge in [-0.25, -0.2) is 4.68 Å². The predicted molar refractivity (Wildman–Crippen MR) is 95.6 cm³/mol. The second-order valence-electron chi connectivity index (χ2n) is 5.75. The summed E-state index contributed by atoms with van der Waals surface area (Å²) in [6.07, 6.45) is 1.71. The van der Waals surface area contributed by atoms with E-state index in [1.165, 1.54) is 24.5 Å². The Hall–Kier alpha value is -3.92. The highest BCUT2D eigenvalue weighted by atomic mass is 16.5. The number of phenolic OH excluding ortho intramolecular Hbond substituents is 1. The number of aromatic hydroxyl groups is 1. The summed E-state index contributed by atoms with van der Waals surface area (Å²) < 4.78 is 6.59. The molecule has 0 radical (unpaired) electrons. The quantitative estimate of drug-likeness (QED) is 0.701. The van der Waals surface area contributed by atoms with Gasteiger partial charge in [0.05, 0.1) is 29.0 Å². The molecule has 2 aromatic carbocycles. The average molecular weight is 361 g/mol. The van der Waals surface area contributed by atoms with E-state index >= 15 is 0 Å². The van der Waals surface area contributed by atoms with Gasteiger partial charge in [0, 0.05) is 6.20 Å². The molecule has 0 fully saturated rings. The highest BCUT2D eigenvalue weighted by Crippen LogP contribution is 2.20. The largest absolute Gasteiger partial charge is 0.507 e. The highest BCUT2D eigenvalue weighted by Gasteiger charge is 2.21. The summed E-state index contributed by atoms with van der Waals surface area (Å²) in [5.74, 6) is -0.602. The SMILES string of the molecule is C[C@H](Oc1ccc(C#N)cc1)C(=O)n1cc(C(=O)c2ccccc2O)cn1. The number of carbonyl (C=O) groups excluding carboxylic acids is 2. The normalized spacial score (nSPS) is 11.4. The van der Waals surface area contributed by atoms with E-state index in [4.69, 9.17) is 10.00 Å². The molecule has 27 heavy (non-hydrogen) atoms. The summed E-state index contributed by atoms with van der Waals surface area (Å²) >= 11 is 0. The number of phenols is 1. The third kappa shape index (κ3) is 3.85. The van der Waals surface area contributed by atoms with Gasteiger partial charge in [0.1, 0.15) is 11.5 Å². The van der Waals surface area contributed by atoms with Crippen LogP contribution in [0.15, 0.2) is 60.9 Å². The van der Waals surface area contributed by atoms with Gasteiger partial charge in [-0.1, -0.05) is 12.1 Å². The number of benzene rings is 2. The molecule has 0 saturated heterocycles. The Morgan fingerprint density at radius 3 is 2.56 bits per heavy atom. The Kier molecular flexibility index (Phi) is 4.99. The van der Waals surface area contributed by atoms with Gasteiger partial charge in [0.25, 0.3) is 5.91 Å². The molecule has 7 heteroatoms. The molecule has 134 valence electrons. The van der Waals surface area contributed by atoms with Crippen molar-refractivity contribution >= 4 is 11.7 Å². The maximum Gasteiger partial charge on any atom is 0.287 e. The topological polar surface area (TPSA) is 105 Å². The van der Waals surface area contributed by atoms with Crippen molar-refractivity contribution in [1.82, 2.24) is 9.78 Å². The van der Waals surface area contributed by atoms with Crippen molar-refractivity contribution in [3.63, 3.8) is 0 Å². The van der Waals surface area contributed by atoms with E-state index in [1.807, 2.05) is 6.07 Å². The summed E-state index contributed by atoms with van der Waals surface area (Å²) in [4.78, 5) is 24.9. The molecule has 0 aliphatic heterocycles. The minimum absolute atomic E-state index is 0.131. The van der Waals surface area contributed by atoms with Crippen LogP contribution in [0.1, 0.15) is 33.2 Å². The second-order valence-corrected chi connectivity index (χ2v) is 5.75. The minimum atomic E-state index is -0.856. The first kappa shape index (κ1) is 17.9. The Bertz CT molecular complexity index is 1030. The molecule has 1 aromatic heterocycles. The van der Waals surface area contributed by atoms with Crippen LogP contribution in [0, 0.1) is 11.3 Å². The average Bonchev–Trinajstić information content (AvgIpc) is 3.18. The summed E-state index contributed by atoms with van der Waals surface area (Å²) in [6, 6.07) is 14.5. The number of para-hydroxylation sites is 1. The minimum Gasteiger partial charge on any atom is -0.507 e. The van der Waals surface area contributed by atoms with Crippen molar-refractivity contribution in [2.24, 2.45) is 0 Å². The predicted octanol–water partition coefficient (Wildman–Crippen LogP) is 2.80. The highest BCUT2D eigenvalue weighted by molar-refractivity contribution is 6.10. The van der Waals surface area contributed by atoms with Gasteiger partial charge in [0.15, 0.2) is 11.9 Å². The third-order valence-corrected chi connectivity index (χ3v) is 3.86. The maximum absolute atomic E-state index is 12.5. The van der Waals surface area contributed by atoms with Gasteiger partial charge >= 0.3 is 0 Å². The molecule has 3 aromatic rings. The van der Waals surface area contributed by atoms with Crippen LogP contribution in [-0.2, 0) is 0 Å². The Morgan fingerprint density at radius 2 is 1.89 bits per heavy atom. The number of hydrogen-bond acceptors (Lipinski definition) is 6. The molecule has 1 N–H and O–H groups in total. The molecule has 3 rings (SSSR count). The number of ether oxygens (including phenoxy) is 1. The molecule has 0 unspecified atom stereocenters. The molecule has 1 atom stereocenters. The number of nitriles is 1. The lowest BCUT2D eigenvalue weighted by Crippen LogP contribution is -2.29. The first-order valence-electron chi connectivity index (χ1n) is 8.08. The fraction of sp³-hybridized carbons (Fsp3) is 0.100. The second kappa shape index (κ2) is 7.54. The fourth-order valence-corrected chi connectivity index (χ4v) is 2.43. The summed E-state index contributed by atoms with van der Waals surface area (Å²) in [5.41, 5.74) is 0.794. The molecule has 0 bridgehead atoms. The van der Waals surface area contributed by atoms with Crippen molar-refractivity contribution < 1.29 is 19.4 Å². The lowest BCUT2D eigenvalue weighted by Gasteiger charge is -2.13. The van der Waals surface area contributed by atoms with E-state index in [0.29, 0.717) is 11.3 Å². The van der Waals surface area contributed by atoms with Crippen molar-refractivity contribution in [2.75, 3.05) is 0 Å². The first-order valence-corrected chi connectivity index (χ1v) is 8.08. The summed E-state index contributed by atoms with van der Waals surface area (Å²) in [7, 11) is 0. The van der Waals surface area contributed by atoms with Crippen LogP contribution >= 0.6 is 0 Å². The van der Waals surface area contributed by atoms with Gasteiger partial charge in [-0.05, 0) is 43.3 Å². The van der Waals surface area contributed by atoms with Crippen LogP contribution in [-0.4, -0.2) is 32.7 Å². The molecule has 0 spiro atoms. The Balaban J connectivity index is 1.73. The number of nitrogens with zero attached hydrogens (tertiary/aromatic N) is 3. The number of ketones is 1. The van der Waals surface area contributed by atoms with Crippen molar-refractivity contribution in [3.8, 4) is 17.6 Å². The molecular formula is C20H15N3O4. The number of aromatic nitrogens is 2. The number of rotatable bonds is 5. The zero-order chi connectivity index (χ0) is 19.4. The van der Waals surface area contributed by atoms with Crippen LogP contribution in [0.25, 0.3) is 0 Å². The van der Waals surface area contributed by atoms with Gasteiger partial charge in [-0.2, -0.15) is 10.4 Å². The van der Waals surface area contributed by atoms with E-state index in [1.54, 1.807) is 43.3 Å². The monoisotopic (exact) mass is 361 g/mol. The Morgan fingerprint density at radius 1 is 1.19 bits per heavy atom. The van der Waals surface area contributed by atoms with E-state index < -0.39 is 17.8 Å². The van der Waals surface area contributed by atoms with Gasteiger partial charge in [-0.3, -0.25) is 9.59 Å². The standard InChI is InChI=1S/C20H15N3O4/c1-13(27-16-8-6-14(10-21)7-9-16)20(26)23-12-15(11-22-23)19(25)17-4-2-3-5-18(17)24/h2-9,11-13,24H,1H3/t13-/m0/s1. The smallest absolute Gasteiger partial charge is 0.287 e. The molecule has 0 amide bonds. The molecule has 0 saturated carbocycles. The molecule has 0 aliphatic carbocycles. The first-order chi connectivity index (χ1) is 13.0. The van der Waals surface area contributed by atoms with Gasteiger partial charge in [-0.15, -0.1) is 0 Å². The lowest BCUT2D eigenvalue weighted by molar-refractivity contribution is 0.0710. The van der Waals surface area contributed by atoms with E-state index in [2.05, 4.69) is 5.10 Å². The number of carbonyl (C=O) groups is 2. The molecule has 1 heterocycles. The van der Waals surface area contributed by atoms with Crippen LogP contribution in [0.4, 0.5) is 0 Å². The van der Waals surface area contributed by atoms with E-state index in [-0.39, 0.29) is 16.9 Å². The van der Waals surface area contributed by atoms with E-state index in [9.17, 15) is 14.7 Å². The summed E-state index contributed by atoms with van der Waals surface area (Å²) in [5, 5.41) is 22.5. The number of hydrogen-bond donors (Lipinski definition) is 1. The van der Waals surface area contributed by atoms with Gasteiger partial charge < -0.3 is 9.84 Å². The van der Waals surface area contributed by atoms with Crippen molar-refractivity contribution in [1.29, 1.82) is 5.26 Å². The summed E-state index contributed by atoms with van der Waals surface area (Å²) in [6.45, 7) is 1.56. The fourth-order valence-electron chi connectivity index (χ4n) is 2.43. The van der Waals surface area contributed by atoms with Crippen molar-refractivity contribution in [3.05, 3.63) is 77.6 Å². The van der Waals surface area contributed by atoms with Crippen molar-refractivity contribution in [2.45, 2.75) is 13.0 Å². The lowest BCUT2D eigenvalue weighted by atomic mass is 10.1. The Labute approximate surface area is 155 Å². The molecule has 0 aliphatic rings. The van der Waals surface area contributed by atoms with Crippen LogP contribution in [0.2, 0.25) is 0 Å². The third-order valence-electron chi connectivity index (χ3n) is 3.86. The van der Waals surface area contributed by atoms with E-state index in [0.717, 1.165) is 4.68 Å². The van der Waals surface area contributed by atoms with Gasteiger partial charge in [0.2, 0.25) is 0 Å². The molecule has 7 nitrogen and oxygen atoms in total. The maximum atomic E-state index is 12.5. The molecular weight excluding hydrogens is 346 g/mol. The van der Waals surface area contributed by atoms with Crippen LogP contribution in [0.5, 0.6) is 11.5 Å². The zero-order valence-corrected chi connectivity index (χ0v) is 14.4. The van der Waals surface area contributed by atoms with Crippen LogP contribution in [0.3, 0.4) is 0 Å².